The standard InChI is InChI=1S/C15H20N2O4/c1-16(7-5-15(20)21)12-3-4-13-11(9-12)10-14(19)17(13)6-2-8-18/h3-4,9,18H,2,5-8,10H2,1H3,(H,20,21). The Hall–Kier alpha value is -2.08. The number of benzene rings is 1. The maximum absolute atomic E-state index is 12.0. The molecule has 0 saturated carbocycles. The van der Waals surface area contributed by atoms with E-state index in [1.54, 1.807) is 4.90 Å². The molecule has 21 heavy (non-hydrogen) atoms. The summed E-state index contributed by atoms with van der Waals surface area (Å²) in [4.78, 5) is 26.2. The van der Waals surface area contributed by atoms with E-state index in [0.29, 0.717) is 25.9 Å². The van der Waals surface area contributed by atoms with Crippen molar-refractivity contribution in [3.05, 3.63) is 23.8 Å². The molecule has 1 aliphatic rings. The number of aliphatic carboxylic acids is 1. The predicted molar refractivity (Wildman–Crippen MR) is 79.7 cm³/mol. The highest BCUT2D eigenvalue weighted by Gasteiger charge is 2.27. The van der Waals surface area contributed by atoms with Crippen molar-refractivity contribution >= 4 is 23.3 Å². The van der Waals surface area contributed by atoms with E-state index in [-0.39, 0.29) is 18.9 Å². The van der Waals surface area contributed by atoms with Crippen LogP contribution in [0, 0.1) is 0 Å². The number of hydrogen-bond acceptors (Lipinski definition) is 4. The Morgan fingerprint density at radius 2 is 2.19 bits per heavy atom. The predicted octanol–water partition coefficient (Wildman–Crippen LogP) is 0.869. The second kappa shape index (κ2) is 6.58. The highest BCUT2D eigenvalue weighted by Crippen LogP contribution is 2.32. The summed E-state index contributed by atoms with van der Waals surface area (Å²) < 4.78 is 0. The van der Waals surface area contributed by atoms with E-state index in [1.807, 2.05) is 30.1 Å². The van der Waals surface area contributed by atoms with Gasteiger partial charge in [0.2, 0.25) is 5.91 Å². The van der Waals surface area contributed by atoms with Gasteiger partial charge in [0.15, 0.2) is 0 Å². The molecule has 0 atom stereocenters. The van der Waals surface area contributed by atoms with Crippen LogP contribution in [0.3, 0.4) is 0 Å². The van der Waals surface area contributed by atoms with Gasteiger partial charge < -0.3 is 20.0 Å². The maximum Gasteiger partial charge on any atom is 0.305 e. The fourth-order valence-electron chi connectivity index (χ4n) is 2.47. The largest absolute Gasteiger partial charge is 0.481 e. The summed E-state index contributed by atoms with van der Waals surface area (Å²) >= 11 is 0. The van der Waals surface area contributed by atoms with Crippen LogP contribution in [0.5, 0.6) is 0 Å². The number of aliphatic hydroxyl groups excluding tert-OH is 1. The van der Waals surface area contributed by atoms with Crippen LogP contribution in [0.25, 0.3) is 0 Å². The molecule has 1 amide bonds. The Morgan fingerprint density at radius 3 is 2.86 bits per heavy atom. The number of nitrogens with zero attached hydrogens (tertiary/aromatic N) is 2. The van der Waals surface area contributed by atoms with Crippen molar-refractivity contribution in [1.82, 2.24) is 0 Å². The SMILES string of the molecule is CN(CCC(=O)O)c1ccc2c(c1)CC(=O)N2CCCO. The third-order valence-corrected chi connectivity index (χ3v) is 3.64. The Morgan fingerprint density at radius 1 is 1.43 bits per heavy atom. The molecule has 1 heterocycles. The monoisotopic (exact) mass is 292 g/mol. The second-order valence-corrected chi connectivity index (χ2v) is 5.18. The first-order valence-electron chi connectivity index (χ1n) is 7.00. The zero-order chi connectivity index (χ0) is 15.4. The fraction of sp³-hybridized carbons (Fsp3) is 0.467. The van der Waals surface area contributed by atoms with Crippen LogP contribution in [0.15, 0.2) is 18.2 Å². The summed E-state index contributed by atoms with van der Waals surface area (Å²) in [5.41, 5.74) is 2.76. The molecule has 0 fully saturated rings. The third-order valence-electron chi connectivity index (χ3n) is 3.64. The molecule has 0 spiro atoms. The van der Waals surface area contributed by atoms with Crippen molar-refractivity contribution in [2.24, 2.45) is 0 Å². The van der Waals surface area contributed by atoms with E-state index in [2.05, 4.69) is 0 Å². The summed E-state index contributed by atoms with van der Waals surface area (Å²) in [6, 6.07) is 5.73. The molecule has 2 N–H and O–H groups in total. The summed E-state index contributed by atoms with van der Waals surface area (Å²) in [6.07, 6.45) is 1.00. The Bertz CT molecular complexity index is 544. The van der Waals surface area contributed by atoms with Crippen molar-refractivity contribution in [2.45, 2.75) is 19.3 Å². The van der Waals surface area contributed by atoms with E-state index in [0.717, 1.165) is 16.9 Å². The van der Waals surface area contributed by atoms with Gasteiger partial charge in [0.05, 0.1) is 12.8 Å². The number of aliphatic hydroxyl groups is 1. The molecule has 0 radical (unpaired) electrons. The van der Waals surface area contributed by atoms with Gasteiger partial charge in [-0.25, -0.2) is 0 Å². The molecule has 6 heteroatoms. The molecule has 2 rings (SSSR count). The van der Waals surface area contributed by atoms with Crippen LogP contribution in [0.4, 0.5) is 11.4 Å². The van der Waals surface area contributed by atoms with Gasteiger partial charge in [0.25, 0.3) is 0 Å². The van der Waals surface area contributed by atoms with Crippen molar-refractivity contribution in [3.8, 4) is 0 Å². The molecule has 6 nitrogen and oxygen atoms in total. The first-order chi connectivity index (χ1) is 10.0. The molecule has 0 saturated heterocycles. The summed E-state index contributed by atoms with van der Waals surface area (Å²) in [5, 5.41) is 17.6. The molecule has 0 unspecified atom stereocenters. The van der Waals surface area contributed by atoms with Crippen LogP contribution in [-0.4, -0.2) is 48.8 Å². The van der Waals surface area contributed by atoms with E-state index in [4.69, 9.17) is 10.2 Å². The number of fused-ring (bicyclic) bond motifs is 1. The minimum Gasteiger partial charge on any atom is -0.481 e. The lowest BCUT2D eigenvalue weighted by Gasteiger charge is -2.21. The van der Waals surface area contributed by atoms with Gasteiger partial charge in [-0.3, -0.25) is 9.59 Å². The van der Waals surface area contributed by atoms with Crippen LogP contribution in [0.1, 0.15) is 18.4 Å². The number of carboxylic acid groups (broad SMARTS) is 1. The van der Waals surface area contributed by atoms with Crippen molar-refractivity contribution in [3.63, 3.8) is 0 Å². The molecule has 1 aromatic rings. The molecule has 114 valence electrons. The zero-order valence-corrected chi connectivity index (χ0v) is 12.1. The molecule has 0 aliphatic carbocycles. The van der Waals surface area contributed by atoms with Crippen molar-refractivity contribution in [1.29, 1.82) is 0 Å². The van der Waals surface area contributed by atoms with Gasteiger partial charge >= 0.3 is 5.97 Å². The van der Waals surface area contributed by atoms with E-state index in [1.165, 1.54) is 0 Å². The quantitative estimate of drug-likeness (QED) is 0.779. The highest BCUT2D eigenvalue weighted by atomic mass is 16.4. The topological polar surface area (TPSA) is 81.1 Å². The molecular weight excluding hydrogens is 272 g/mol. The third kappa shape index (κ3) is 3.52. The lowest BCUT2D eigenvalue weighted by molar-refractivity contribution is -0.136. The van der Waals surface area contributed by atoms with Gasteiger partial charge in [-0.15, -0.1) is 0 Å². The van der Waals surface area contributed by atoms with E-state index < -0.39 is 5.97 Å². The lowest BCUT2D eigenvalue weighted by atomic mass is 10.1. The van der Waals surface area contributed by atoms with Crippen molar-refractivity contribution < 1.29 is 19.8 Å². The maximum atomic E-state index is 12.0. The molecular formula is C15H20N2O4. The average molecular weight is 292 g/mol. The number of hydrogen-bond donors (Lipinski definition) is 2. The zero-order valence-electron chi connectivity index (χ0n) is 12.1. The van der Waals surface area contributed by atoms with Gasteiger partial charge in [0, 0.05) is 38.1 Å². The molecule has 1 aliphatic heterocycles. The molecule has 1 aromatic carbocycles. The number of carbonyl (C=O) groups excluding carboxylic acids is 1. The second-order valence-electron chi connectivity index (χ2n) is 5.18. The van der Waals surface area contributed by atoms with Crippen LogP contribution in [-0.2, 0) is 16.0 Å². The first kappa shape index (κ1) is 15.3. The van der Waals surface area contributed by atoms with Gasteiger partial charge in [-0.05, 0) is 30.2 Å². The Labute approximate surface area is 123 Å². The van der Waals surface area contributed by atoms with Gasteiger partial charge in [0.1, 0.15) is 0 Å². The minimum atomic E-state index is -0.826. The van der Waals surface area contributed by atoms with Crippen LogP contribution in [0.2, 0.25) is 0 Å². The Balaban J connectivity index is 2.12. The van der Waals surface area contributed by atoms with Gasteiger partial charge in [-0.2, -0.15) is 0 Å². The minimum absolute atomic E-state index is 0.0452. The van der Waals surface area contributed by atoms with E-state index >= 15 is 0 Å². The Kier molecular flexibility index (Phi) is 4.80. The van der Waals surface area contributed by atoms with Crippen molar-refractivity contribution in [2.75, 3.05) is 36.5 Å². The number of anilines is 2. The number of amides is 1. The van der Waals surface area contributed by atoms with Crippen LogP contribution >= 0.6 is 0 Å². The van der Waals surface area contributed by atoms with Gasteiger partial charge in [-0.1, -0.05) is 0 Å². The highest BCUT2D eigenvalue weighted by molar-refractivity contribution is 6.01. The first-order valence-corrected chi connectivity index (χ1v) is 7.00. The summed E-state index contributed by atoms with van der Waals surface area (Å²) in [7, 11) is 1.84. The normalized spacial score (nSPS) is 13.4. The number of rotatable bonds is 7. The fourth-order valence-corrected chi connectivity index (χ4v) is 2.47. The number of carboxylic acids is 1. The average Bonchev–Trinajstić information content (AvgIpc) is 2.77. The van der Waals surface area contributed by atoms with Crippen LogP contribution < -0.4 is 9.80 Å². The van der Waals surface area contributed by atoms with E-state index in [9.17, 15) is 9.59 Å². The smallest absolute Gasteiger partial charge is 0.305 e. The summed E-state index contributed by atoms with van der Waals surface area (Å²) in [6.45, 7) is 1.02. The number of carbonyl (C=O) groups is 2. The molecule has 0 bridgehead atoms. The lowest BCUT2D eigenvalue weighted by Crippen LogP contribution is -2.28. The summed E-state index contributed by atoms with van der Waals surface area (Å²) in [5.74, 6) is -0.780. The molecule has 0 aromatic heterocycles.